The normalized spacial score (nSPS) is 21.4. The third-order valence-electron chi connectivity index (χ3n) is 9.34. The second-order valence-electron chi connectivity index (χ2n) is 14.6. The summed E-state index contributed by atoms with van der Waals surface area (Å²) in [5.41, 5.74) is -5.16. The Morgan fingerprint density at radius 2 is 1.06 bits per heavy atom. The van der Waals surface area contributed by atoms with Crippen molar-refractivity contribution in [1.82, 2.24) is 9.80 Å². The van der Waals surface area contributed by atoms with E-state index in [0.717, 1.165) is 9.80 Å². The lowest BCUT2D eigenvalue weighted by molar-refractivity contribution is -0.168. The van der Waals surface area contributed by atoms with Crippen molar-refractivity contribution in [2.75, 3.05) is 13.2 Å². The first-order valence-corrected chi connectivity index (χ1v) is 18.9. The fraction of sp³-hybridized carbons (Fsp3) is 0.375. The molecule has 0 aliphatic carbocycles. The number of imide groups is 2. The highest BCUT2D eigenvalue weighted by molar-refractivity contribution is 7.96. The predicted molar refractivity (Wildman–Crippen MR) is 196 cm³/mol. The third-order valence-corrected chi connectivity index (χ3v) is 13.8. The number of benzene rings is 3. The van der Waals surface area contributed by atoms with Crippen LogP contribution in [0.3, 0.4) is 0 Å². The molecule has 0 radical (unpaired) electrons. The van der Waals surface area contributed by atoms with Gasteiger partial charge in [0.15, 0.2) is 5.41 Å². The quantitative estimate of drug-likeness (QED) is 0.149. The van der Waals surface area contributed by atoms with E-state index in [9.17, 15) is 9.59 Å². The summed E-state index contributed by atoms with van der Waals surface area (Å²) in [4.78, 5) is 91.9. The molecular formula is C40H45N2O8P. The molecule has 5 rings (SSSR count). The lowest BCUT2D eigenvalue weighted by Gasteiger charge is -2.39. The van der Waals surface area contributed by atoms with E-state index in [1.807, 2.05) is 54.6 Å². The molecule has 10 nitrogen and oxygen atoms in total. The maximum atomic E-state index is 15.6. The van der Waals surface area contributed by atoms with E-state index in [2.05, 4.69) is 0 Å². The maximum absolute atomic E-state index is 15.6. The molecule has 0 bridgehead atoms. The number of carbonyl (C=O) groups is 6. The fourth-order valence-electron chi connectivity index (χ4n) is 7.52. The van der Waals surface area contributed by atoms with Gasteiger partial charge in [-0.05, 0) is 78.2 Å². The van der Waals surface area contributed by atoms with Gasteiger partial charge in [-0.25, -0.2) is 0 Å². The molecule has 4 amide bonds. The molecule has 0 N–H and O–H groups in total. The van der Waals surface area contributed by atoms with Crippen molar-refractivity contribution in [3.63, 3.8) is 0 Å². The van der Waals surface area contributed by atoms with Crippen LogP contribution in [0, 0.1) is 17.3 Å². The van der Waals surface area contributed by atoms with Gasteiger partial charge in [-0.2, -0.15) is 0 Å². The Kier molecular flexibility index (Phi) is 10.1. The minimum absolute atomic E-state index is 0.141. The molecule has 2 aliphatic heterocycles. The van der Waals surface area contributed by atoms with Crippen LogP contribution in [0.15, 0.2) is 91.0 Å². The lowest BCUT2D eigenvalue weighted by Crippen LogP contribution is -2.58. The Balaban J connectivity index is 2.18. The minimum atomic E-state index is -3.66. The van der Waals surface area contributed by atoms with Gasteiger partial charge in [0, 0.05) is 11.1 Å². The third kappa shape index (κ3) is 5.74. The number of hydrogen-bond acceptors (Lipinski definition) is 8. The van der Waals surface area contributed by atoms with E-state index in [1.165, 1.54) is 0 Å². The molecule has 2 aliphatic rings. The van der Waals surface area contributed by atoms with Crippen molar-refractivity contribution in [2.24, 2.45) is 17.3 Å². The van der Waals surface area contributed by atoms with Crippen LogP contribution in [0.5, 0.6) is 0 Å². The van der Waals surface area contributed by atoms with Crippen LogP contribution >= 0.6 is 6.89 Å². The van der Waals surface area contributed by atoms with Gasteiger partial charge < -0.3 is 9.47 Å². The van der Waals surface area contributed by atoms with E-state index in [1.54, 1.807) is 91.8 Å². The summed E-state index contributed by atoms with van der Waals surface area (Å²) in [5, 5.41) is 1.63. The highest BCUT2D eigenvalue weighted by atomic mass is 31.2. The molecule has 2 fully saturated rings. The second kappa shape index (κ2) is 13.7. The Morgan fingerprint density at radius 1 is 0.647 bits per heavy atom. The van der Waals surface area contributed by atoms with Crippen LogP contribution in [0.2, 0.25) is 0 Å². The molecule has 3 aromatic rings. The Labute approximate surface area is 299 Å². The first-order valence-electron chi connectivity index (χ1n) is 17.1. The number of ether oxygens (including phenoxy) is 2. The summed E-state index contributed by atoms with van der Waals surface area (Å²) in [6, 6.07) is 27.3. The van der Waals surface area contributed by atoms with Gasteiger partial charge >= 0.3 is 11.9 Å². The van der Waals surface area contributed by atoms with Gasteiger partial charge in [-0.1, -0.05) is 91.0 Å². The van der Waals surface area contributed by atoms with Gasteiger partial charge in [0.2, 0.25) is 11.8 Å². The average Bonchev–Trinajstić information content (AvgIpc) is 3.49. The summed E-state index contributed by atoms with van der Waals surface area (Å²) in [6.45, 7) is 8.89. The Bertz CT molecular complexity index is 1830. The molecule has 2 heterocycles. The first kappa shape index (κ1) is 37.4. The lowest BCUT2D eigenvalue weighted by atomic mass is 9.68. The summed E-state index contributed by atoms with van der Waals surface area (Å²) < 4.78 is 11.2. The molecule has 3 atom stereocenters. The van der Waals surface area contributed by atoms with Crippen LogP contribution in [0.25, 0.3) is 0 Å². The maximum Gasteiger partial charge on any atom is 0.327 e. The average molecular weight is 713 g/mol. The van der Waals surface area contributed by atoms with Crippen molar-refractivity contribution in [3.8, 4) is 0 Å². The fourth-order valence-corrected chi connectivity index (χ4v) is 12.3. The number of hydrogen-bond donors (Lipinski definition) is 0. The first-order chi connectivity index (χ1) is 24.0. The summed E-state index contributed by atoms with van der Waals surface area (Å²) in [7, 11) is 0. The molecule has 11 heteroatoms. The predicted octanol–water partition coefficient (Wildman–Crippen LogP) is 3.83. The van der Waals surface area contributed by atoms with Crippen molar-refractivity contribution in [1.29, 1.82) is 0 Å². The molecule has 0 unspecified atom stereocenters. The molecule has 3 aromatic carbocycles. The largest absolute Gasteiger partial charge is 0.465 e. The van der Waals surface area contributed by atoms with Crippen LogP contribution < -0.4 is 15.9 Å². The van der Waals surface area contributed by atoms with Crippen molar-refractivity contribution in [3.05, 3.63) is 91.0 Å². The summed E-state index contributed by atoms with van der Waals surface area (Å²) in [5.74, 6) is -9.88. The van der Waals surface area contributed by atoms with Gasteiger partial charge in [-0.15, -0.1) is 0 Å². The number of carbonyl (C=O) groups excluding carboxylic acids is 6. The minimum Gasteiger partial charge on any atom is -0.465 e. The molecule has 268 valence electrons. The second-order valence-corrected chi connectivity index (χ2v) is 17.9. The smallest absolute Gasteiger partial charge is 0.327 e. The van der Waals surface area contributed by atoms with Crippen molar-refractivity contribution in [2.45, 2.75) is 66.5 Å². The zero-order chi connectivity index (χ0) is 37.5. The highest BCUT2D eigenvalue weighted by Gasteiger charge is 2.76. The van der Waals surface area contributed by atoms with Crippen LogP contribution in [0.4, 0.5) is 0 Å². The van der Waals surface area contributed by atoms with Crippen LogP contribution in [-0.4, -0.2) is 75.0 Å². The van der Waals surface area contributed by atoms with E-state index >= 15 is 19.2 Å². The summed E-state index contributed by atoms with van der Waals surface area (Å²) in [6.07, 6.45) is 0. The number of nitrogens with zero attached hydrogens (tertiary/aromatic N) is 2. The Hall–Kier alpha value is -4.82. The van der Waals surface area contributed by atoms with Gasteiger partial charge in [0.1, 0.15) is 5.92 Å². The number of amides is 4. The monoisotopic (exact) mass is 712 g/mol. The van der Waals surface area contributed by atoms with Crippen LogP contribution in [-0.2, 0) is 38.2 Å². The van der Waals surface area contributed by atoms with E-state index in [4.69, 9.17) is 9.47 Å². The number of esters is 2. The molecule has 0 aromatic heterocycles. The molecule has 51 heavy (non-hydrogen) atoms. The van der Waals surface area contributed by atoms with E-state index in [0.29, 0.717) is 15.9 Å². The standard InChI is InChI=1S/C40H45N2O8P/c1-9-49-35(46)29-30(33(44)41(32(29)43)38(3,4)5)40(37(48)50-10-2)31(34(45)42(36(40)47)39(6,7)8)51(26-20-14-11-15-21-26,27-22-16-12-17-23-27)28-24-18-13-19-25-28/h11-25,29-30H,9-10H2,1-8H3/t29-,30-,40+/m0/s1. The molecule has 0 spiro atoms. The van der Waals surface area contributed by atoms with E-state index < -0.39 is 70.8 Å². The van der Waals surface area contributed by atoms with Crippen LogP contribution in [0.1, 0.15) is 55.4 Å². The number of rotatable bonds is 8. The number of likely N-dealkylation sites (tertiary alicyclic amines) is 2. The highest BCUT2D eigenvalue weighted by Crippen LogP contribution is 2.59. The zero-order valence-corrected chi connectivity index (χ0v) is 31.2. The van der Waals surface area contributed by atoms with Gasteiger partial charge in [0.05, 0.1) is 24.4 Å². The molecular weight excluding hydrogens is 667 g/mol. The van der Waals surface area contributed by atoms with E-state index in [-0.39, 0.29) is 18.5 Å². The van der Waals surface area contributed by atoms with Gasteiger partial charge in [-0.3, -0.25) is 38.6 Å². The Morgan fingerprint density at radius 3 is 1.43 bits per heavy atom. The van der Waals surface area contributed by atoms with Gasteiger partial charge in [0.25, 0.3) is 11.8 Å². The molecule has 2 saturated heterocycles. The topological polar surface area (TPSA) is 127 Å². The summed E-state index contributed by atoms with van der Waals surface area (Å²) >= 11 is 0. The van der Waals surface area contributed by atoms with Crippen molar-refractivity contribution >= 4 is 63.7 Å². The van der Waals surface area contributed by atoms with Crippen molar-refractivity contribution < 1.29 is 38.2 Å². The zero-order valence-electron chi connectivity index (χ0n) is 30.3. The molecule has 0 saturated carbocycles. The SMILES string of the molecule is CCOC(=O)[C@@H]1C(=O)N(C(C)(C)C)C(=O)[C@H]1[C@]1(C(=O)OCC)C(=O)N(C(C)(C)C)C(=O)C1=P(c1ccccc1)(c1ccccc1)c1ccccc1.